The van der Waals surface area contributed by atoms with Crippen LogP contribution in [-0.2, 0) is 9.59 Å². The van der Waals surface area contributed by atoms with Crippen LogP contribution in [-0.4, -0.2) is 79.7 Å². The lowest BCUT2D eigenvalue weighted by atomic mass is 9.55. The summed E-state index contributed by atoms with van der Waals surface area (Å²) < 4.78 is 1.02. The Morgan fingerprint density at radius 2 is 1.76 bits per heavy atom. The first-order valence-electron chi connectivity index (χ1n) is 13.0. The van der Waals surface area contributed by atoms with Gasteiger partial charge in [-0.15, -0.1) is 11.3 Å². The van der Waals surface area contributed by atoms with Crippen molar-refractivity contribution in [1.82, 2.24) is 4.90 Å². The number of rotatable bonds is 3. The minimum absolute atomic E-state index is 0.111. The number of primary amides is 1. The fraction of sp³-hybridized carbons (Fsp3) is 0.300. The van der Waals surface area contributed by atoms with Crippen molar-refractivity contribution in [2.45, 2.75) is 30.6 Å². The standard InChI is InChI=1S/C30H28N2O8S/c1-11-17-13(16-10-12-6-4-5-7-15(12)41-16)8-9-14(33)19(17)24(34)20-18(11)25(35)22-23(32(2)3)26(36)21(29(31)39)28(38)30(22,40)27(20)37/h4-11,18,22-23,25,33,35-37,40H,1-3H3,(H2,31,39)/t11-,18+,22+,23-,25-,30-/m0/s1. The highest BCUT2D eigenvalue weighted by Gasteiger charge is 2.67. The number of thiophene rings is 1. The molecular formula is C30H28N2O8S. The molecule has 1 aromatic heterocycles. The van der Waals surface area contributed by atoms with Crippen molar-refractivity contribution < 1.29 is 39.9 Å². The molecule has 7 N–H and O–H groups in total. The van der Waals surface area contributed by atoms with E-state index in [1.54, 1.807) is 13.0 Å². The number of aliphatic hydroxyl groups is 4. The number of aliphatic hydroxyl groups excluding tert-OH is 3. The first-order chi connectivity index (χ1) is 19.3. The SMILES string of the molecule is C[C@H]1c2c(-c3cc4ccccc4s3)ccc(O)c2C(=O)C2=C(O)[C@]3(O)C(=O)C(C(N)=O)=C(O)[C@@H](N(C)C)[C@@H]3[C@@H](O)[C@@H]21. The summed E-state index contributed by atoms with van der Waals surface area (Å²) >= 11 is 1.50. The molecule has 6 atom stereocenters. The van der Waals surface area contributed by atoms with E-state index >= 15 is 0 Å². The van der Waals surface area contributed by atoms with Gasteiger partial charge < -0.3 is 31.3 Å². The van der Waals surface area contributed by atoms with Gasteiger partial charge in [-0.25, -0.2) is 0 Å². The van der Waals surface area contributed by atoms with Crippen molar-refractivity contribution in [1.29, 1.82) is 0 Å². The summed E-state index contributed by atoms with van der Waals surface area (Å²) in [6.45, 7) is 1.73. The van der Waals surface area contributed by atoms with E-state index in [-0.39, 0.29) is 11.3 Å². The molecule has 3 aliphatic carbocycles. The Labute approximate surface area is 238 Å². The van der Waals surface area contributed by atoms with E-state index in [1.165, 1.54) is 36.4 Å². The van der Waals surface area contributed by atoms with Crippen LogP contribution >= 0.6 is 11.3 Å². The fourth-order valence-corrected chi connectivity index (χ4v) is 8.14. The maximum absolute atomic E-state index is 14.1. The molecule has 1 heterocycles. The predicted octanol–water partition coefficient (Wildman–Crippen LogP) is 2.53. The molecule has 0 unspecified atom stereocenters. The minimum Gasteiger partial charge on any atom is -0.510 e. The van der Waals surface area contributed by atoms with Crippen LogP contribution in [0.25, 0.3) is 20.5 Å². The molecule has 6 rings (SSSR count). The molecule has 0 aliphatic heterocycles. The monoisotopic (exact) mass is 576 g/mol. The number of phenols is 1. The van der Waals surface area contributed by atoms with Crippen LogP contribution in [0.15, 0.2) is 65.1 Å². The molecule has 41 heavy (non-hydrogen) atoms. The second-order valence-electron chi connectivity index (χ2n) is 11.1. The van der Waals surface area contributed by atoms with E-state index in [1.807, 2.05) is 30.3 Å². The van der Waals surface area contributed by atoms with Gasteiger partial charge in [0, 0.05) is 21.1 Å². The third-order valence-corrected chi connectivity index (χ3v) is 9.95. The summed E-state index contributed by atoms with van der Waals surface area (Å²) in [6, 6.07) is 11.5. The summed E-state index contributed by atoms with van der Waals surface area (Å²) in [5.74, 6) is -9.14. The topological polar surface area (TPSA) is 182 Å². The molecule has 3 aromatic rings. The molecule has 212 valence electrons. The lowest BCUT2D eigenvalue weighted by Crippen LogP contribution is -2.68. The van der Waals surface area contributed by atoms with Gasteiger partial charge in [0.05, 0.1) is 23.6 Å². The number of ketones is 2. The third kappa shape index (κ3) is 3.43. The molecule has 1 amide bonds. The quantitative estimate of drug-likeness (QED) is 0.255. The van der Waals surface area contributed by atoms with Gasteiger partial charge in [-0.05, 0) is 60.8 Å². The first kappa shape index (κ1) is 27.2. The number of amides is 1. The molecular weight excluding hydrogens is 548 g/mol. The van der Waals surface area contributed by atoms with Crippen molar-refractivity contribution in [3.63, 3.8) is 0 Å². The molecule has 0 spiro atoms. The van der Waals surface area contributed by atoms with Crippen LogP contribution in [0.4, 0.5) is 0 Å². The van der Waals surface area contributed by atoms with Crippen LogP contribution in [0.3, 0.4) is 0 Å². The van der Waals surface area contributed by atoms with Gasteiger partial charge in [-0.3, -0.25) is 19.3 Å². The highest BCUT2D eigenvalue weighted by atomic mass is 32.1. The van der Waals surface area contributed by atoms with Crippen LogP contribution in [0.2, 0.25) is 0 Å². The van der Waals surface area contributed by atoms with E-state index in [2.05, 4.69) is 0 Å². The number of likely N-dealkylation sites (N-methyl/N-ethyl adjacent to an activating group) is 1. The highest BCUT2D eigenvalue weighted by Crippen LogP contribution is 2.57. The summed E-state index contributed by atoms with van der Waals surface area (Å²) in [7, 11) is 3.00. The van der Waals surface area contributed by atoms with Gasteiger partial charge >= 0.3 is 0 Å². The van der Waals surface area contributed by atoms with Crippen molar-refractivity contribution >= 4 is 38.9 Å². The number of nitrogens with zero attached hydrogens (tertiary/aromatic N) is 1. The average Bonchev–Trinajstić information content (AvgIpc) is 3.34. The highest BCUT2D eigenvalue weighted by molar-refractivity contribution is 7.22. The Kier molecular flexibility index (Phi) is 5.95. The number of aromatic hydroxyl groups is 1. The minimum atomic E-state index is -2.94. The Morgan fingerprint density at radius 1 is 1.07 bits per heavy atom. The zero-order valence-corrected chi connectivity index (χ0v) is 23.1. The largest absolute Gasteiger partial charge is 0.510 e. The summed E-state index contributed by atoms with van der Waals surface area (Å²) in [5, 5.41) is 58.1. The summed E-state index contributed by atoms with van der Waals surface area (Å²) in [5.41, 5.74) is 2.07. The molecule has 0 radical (unpaired) electrons. The molecule has 0 saturated carbocycles. The van der Waals surface area contributed by atoms with Gasteiger partial charge in [0.1, 0.15) is 22.8 Å². The molecule has 2 aromatic carbocycles. The number of phenolic OH excluding ortho intramolecular Hbond substituents is 1. The van der Waals surface area contributed by atoms with Gasteiger partial charge in [0.15, 0.2) is 11.4 Å². The second kappa shape index (κ2) is 8.98. The Balaban J connectivity index is 1.62. The van der Waals surface area contributed by atoms with Crippen molar-refractivity contribution in [2.24, 2.45) is 17.6 Å². The van der Waals surface area contributed by atoms with E-state index in [0.29, 0.717) is 11.1 Å². The summed E-state index contributed by atoms with van der Waals surface area (Å²) in [6.07, 6.45) is -1.65. The van der Waals surface area contributed by atoms with Crippen LogP contribution in [0, 0.1) is 11.8 Å². The lowest BCUT2D eigenvalue weighted by Gasteiger charge is -2.53. The first-order valence-corrected chi connectivity index (χ1v) is 13.8. The average molecular weight is 577 g/mol. The number of hydrogen-bond donors (Lipinski definition) is 6. The maximum atomic E-state index is 14.1. The number of carbonyl (C=O) groups excluding carboxylic acids is 3. The van der Waals surface area contributed by atoms with Crippen LogP contribution in [0.5, 0.6) is 5.75 Å². The van der Waals surface area contributed by atoms with Crippen LogP contribution in [0.1, 0.15) is 28.8 Å². The number of benzene rings is 2. The van der Waals surface area contributed by atoms with Crippen molar-refractivity contribution in [3.05, 3.63) is 76.3 Å². The lowest BCUT2D eigenvalue weighted by molar-refractivity contribution is -0.162. The molecule has 3 aliphatic rings. The van der Waals surface area contributed by atoms with E-state index in [4.69, 9.17) is 5.73 Å². The van der Waals surface area contributed by atoms with E-state index in [9.17, 15) is 39.9 Å². The fourth-order valence-electron chi connectivity index (χ4n) is 7.03. The Hall–Kier alpha value is -4.03. The van der Waals surface area contributed by atoms with E-state index in [0.717, 1.165) is 15.0 Å². The van der Waals surface area contributed by atoms with Gasteiger partial charge in [0.25, 0.3) is 5.91 Å². The van der Waals surface area contributed by atoms with Crippen molar-refractivity contribution in [2.75, 3.05) is 14.1 Å². The molecule has 0 bridgehead atoms. The molecule has 0 fully saturated rings. The van der Waals surface area contributed by atoms with Gasteiger partial charge in [-0.1, -0.05) is 25.1 Å². The number of nitrogens with two attached hydrogens (primary N) is 1. The maximum Gasteiger partial charge on any atom is 0.255 e. The van der Waals surface area contributed by atoms with E-state index < -0.39 is 75.6 Å². The normalized spacial score (nSPS) is 29.6. The zero-order chi connectivity index (χ0) is 29.7. The van der Waals surface area contributed by atoms with Gasteiger partial charge in [0.2, 0.25) is 5.78 Å². The Morgan fingerprint density at radius 3 is 2.39 bits per heavy atom. The smallest absolute Gasteiger partial charge is 0.255 e. The number of Topliss-reactive ketones (excluding diaryl/α,β-unsaturated/α-hetero) is 2. The Bertz CT molecular complexity index is 1720. The number of hydrogen-bond acceptors (Lipinski definition) is 10. The zero-order valence-electron chi connectivity index (χ0n) is 22.3. The van der Waals surface area contributed by atoms with Crippen molar-refractivity contribution in [3.8, 4) is 16.2 Å². The van der Waals surface area contributed by atoms with Crippen LogP contribution < -0.4 is 5.73 Å². The number of fused-ring (bicyclic) bond motifs is 4. The van der Waals surface area contributed by atoms with Gasteiger partial charge in [-0.2, -0.15) is 0 Å². The number of carbonyl (C=O) groups is 3. The molecule has 10 nitrogen and oxygen atoms in total. The molecule has 11 heteroatoms. The molecule has 0 saturated heterocycles. The second-order valence-corrected chi connectivity index (χ2v) is 12.2. The third-order valence-electron chi connectivity index (χ3n) is 8.80. The predicted molar refractivity (Wildman–Crippen MR) is 151 cm³/mol. The summed E-state index contributed by atoms with van der Waals surface area (Å²) in [4.78, 5) is 42.0.